The van der Waals surface area contributed by atoms with E-state index in [0.717, 1.165) is 35.3 Å². The van der Waals surface area contributed by atoms with Gasteiger partial charge >= 0.3 is 0 Å². The zero-order chi connectivity index (χ0) is 13.2. The molecule has 19 heavy (non-hydrogen) atoms. The maximum Gasteiger partial charge on any atom is 0.142 e. The lowest BCUT2D eigenvalue weighted by atomic mass is 9.97. The van der Waals surface area contributed by atoms with Crippen LogP contribution in [0.15, 0.2) is 42.5 Å². The van der Waals surface area contributed by atoms with E-state index in [0.29, 0.717) is 11.6 Å². The molecule has 3 rings (SSSR count). The van der Waals surface area contributed by atoms with Crippen LogP contribution in [-0.2, 0) is 0 Å². The zero-order valence-corrected chi connectivity index (χ0v) is 11.4. The molecule has 0 fully saturated rings. The molecular weight excluding hydrogens is 258 g/mol. The Labute approximate surface area is 118 Å². The number of hydrogen-bond donors (Lipinski definition) is 1. The summed E-state index contributed by atoms with van der Waals surface area (Å²) in [7, 11) is 0. The Kier molecular flexibility index (Phi) is 3.45. The fourth-order valence-corrected chi connectivity index (χ4v) is 2.75. The van der Waals surface area contributed by atoms with Crippen LogP contribution in [0.5, 0.6) is 5.75 Å². The van der Waals surface area contributed by atoms with E-state index in [-0.39, 0.29) is 6.04 Å². The SMILES string of the molecule is N[C@H]1CCCOc2c(Cl)cc(-c3ccccc3)cc21. The number of hydrogen-bond acceptors (Lipinski definition) is 2. The maximum atomic E-state index is 6.35. The van der Waals surface area contributed by atoms with Gasteiger partial charge in [0, 0.05) is 11.6 Å². The van der Waals surface area contributed by atoms with E-state index in [1.165, 1.54) is 0 Å². The predicted molar refractivity (Wildman–Crippen MR) is 78.5 cm³/mol. The Morgan fingerprint density at radius 1 is 1.11 bits per heavy atom. The summed E-state index contributed by atoms with van der Waals surface area (Å²) in [6, 6.07) is 14.2. The van der Waals surface area contributed by atoms with Crippen LogP contribution >= 0.6 is 11.6 Å². The lowest BCUT2D eigenvalue weighted by molar-refractivity contribution is 0.316. The molecule has 1 aliphatic rings. The third kappa shape index (κ3) is 2.46. The second kappa shape index (κ2) is 5.24. The van der Waals surface area contributed by atoms with Gasteiger partial charge in [-0.25, -0.2) is 0 Å². The fourth-order valence-electron chi connectivity index (χ4n) is 2.47. The summed E-state index contributed by atoms with van der Waals surface area (Å²) in [6.45, 7) is 0.686. The number of ether oxygens (including phenoxy) is 1. The lowest BCUT2D eigenvalue weighted by Crippen LogP contribution is -2.09. The van der Waals surface area contributed by atoms with Crippen molar-refractivity contribution in [3.05, 3.63) is 53.1 Å². The smallest absolute Gasteiger partial charge is 0.142 e. The summed E-state index contributed by atoms with van der Waals surface area (Å²) in [6.07, 6.45) is 1.90. The third-order valence-corrected chi connectivity index (χ3v) is 3.77. The van der Waals surface area contributed by atoms with Gasteiger partial charge in [-0.15, -0.1) is 0 Å². The molecule has 2 aromatic rings. The summed E-state index contributed by atoms with van der Waals surface area (Å²) in [5.74, 6) is 0.756. The molecule has 3 heteroatoms. The molecule has 0 bridgehead atoms. The summed E-state index contributed by atoms with van der Waals surface area (Å²) in [5.41, 5.74) is 9.47. The van der Waals surface area contributed by atoms with Gasteiger partial charge in [-0.3, -0.25) is 0 Å². The molecule has 1 heterocycles. The van der Waals surface area contributed by atoms with Crippen LogP contribution in [0.25, 0.3) is 11.1 Å². The Morgan fingerprint density at radius 3 is 2.68 bits per heavy atom. The minimum absolute atomic E-state index is 0.00124. The predicted octanol–water partition coefficient (Wildman–Crippen LogP) is 4.18. The highest BCUT2D eigenvalue weighted by atomic mass is 35.5. The Balaban J connectivity index is 2.12. The first-order valence-electron chi connectivity index (χ1n) is 6.53. The molecule has 0 aliphatic carbocycles. The third-order valence-electron chi connectivity index (χ3n) is 3.48. The molecule has 2 nitrogen and oxygen atoms in total. The van der Waals surface area contributed by atoms with Crippen molar-refractivity contribution >= 4 is 11.6 Å². The zero-order valence-electron chi connectivity index (χ0n) is 10.6. The number of rotatable bonds is 1. The van der Waals surface area contributed by atoms with Crippen molar-refractivity contribution in [2.24, 2.45) is 5.73 Å². The average molecular weight is 274 g/mol. The van der Waals surface area contributed by atoms with E-state index in [1.54, 1.807) is 0 Å². The van der Waals surface area contributed by atoms with Gasteiger partial charge in [0.25, 0.3) is 0 Å². The van der Waals surface area contributed by atoms with E-state index in [1.807, 2.05) is 24.3 Å². The van der Waals surface area contributed by atoms with Crippen LogP contribution in [0.2, 0.25) is 5.02 Å². The van der Waals surface area contributed by atoms with Crippen LogP contribution < -0.4 is 10.5 Å². The van der Waals surface area contributed by atoms with E-state index >= 15 is 0 Å². The van der Waals surface area contributed by atoms with Gasteiger partial charge < -0.3 is 10.5 Å². The number of benzene rings is 2. The van der Waals surface area contributed by atoms with Crippen LogP contribution in [0, 0.1) is 0 Å². The summed E-state index contributed by atoms with van der Waals surface area (Å²) < 4.78 is 5.73. The van der Waals surface area contributed by atoms with E-state index in [4.69, 9.17) is 22.1 Å². The quantitative estimate of drug-likeness (QED) is 0.846. The fraction of sp³-hybridized carbons (Fsp3) is 0.250. The van der Waals surface area contributed by atoms with Crippen LogP contribution in [-0.4, -0.2) is 6.61 Å². The Morgan fingerprint density at radius 2 is 1.89 bits per heavy atom. The minimum atomic E-state index is -0.00124. The number of fused-ring (bicyclic) bond motifs is 1. The van der Waals surface area contributed by atoms with Gasteiger partial charge in [-0.05, 0) is 36.1 Å². The topological polar surface area (TPSA) is 35.2 Å². The highest BCUT2D eigenvalue weighted by Gasteiger charge is 2.20. The van der Waals surface area contributed by atoms with Crippen LogP contribution in [0.1, 0.15) is 24.4 Å². The molecule has 98 valence electrons. The lowest BCUT2D eigenvalue weighted by Gasteiger charge is -2.15. The minimum Gasteiger partial charge on any atom is -0.492 e. The molecular formula is C16H16ClNO. The molecule has 0 aromatic heterocycles. The maximum absolute atomic E-state index is 6.35. The van der Waals surface area contributed by atoms with Crippen molar-refractivity contribution in [1.82, 2.24) is 0 Å². The van der Waals surface area contributed by atoms with Gasteiger partial charge in [-0.2, -0.15) is 0 Å². The average Bonchev–Trinajstić information content (AvgIpc) is 2.63. The molecule has 0 radical (unpaired) electrons. The van der Waals surface area contributed by atoms with Crippen molar-refractivity contribution in [2.75, 3.05) is 6.61 Å². The Bertz CT molecular complexity index is 583. The summed E-state index contributed by atoms with van der Waals surface area (Å²) in [4.78, 5) is 0. The summed E-state index contributed by atoms with van der Waals surface area (Å²) in [5, 5.41) is 0.647. The Hall–Kier alpha value is -1.51. The van der Waals surface area contributed by atoms with Crippen molar-refractivity contribution in [3.63, 3.8) is 0 Å². The largest absolute Gasteiger partial charge is 0.492 e. The van der Waals surface area contributed by atoms with Crippen molar-refractivity contribution in [2.45, 2.75) is 18.9 Å². The number of nitrogens with two attached hydrogens (primary N) is 1. The van der Waals surface area contributed by atoms with Crippen LogP contribution in [0.4, 0.5) is 0 Å². The monoisotopic (exact) mass is 273 g/mol. The first kappa shape index (κ1) is 12.5. The highest BCUT2D eigenvalue weighted by molar-refractivity contribution is 6.32. The molecule has 0 saturated carbocycles. The standard InChI is InChI=1S/C16H16ClNO/c17-14-10-12(11-5-2-1-3-6-11)9-13-15(18)7-4-8-19-16(13)14/h1-3,5-6,9-10,15H,4,7-8,18H2/t15-/m0/s1. The van der Waals surface area contributed by atoms with Crippen molar-refractivity contribution < 1.29 is 4.74 Å². The molecule has 0 unspecified atom stereocenters. The first-order chi connectivity index (χ1) is 9.25. The van der Waals surface area contributed by atoms with Gasteiger partial charge in [0.1, 0.15) is 5.75 Å². The molecule has 1 aliphatic heterocycles. The second-order valence-electron chi connectivity index (χ2n) is 4.84. The molecule has 2 aromatic carbocycles. The van der Waals surface area contributed by atoms with Crippen molar-refractivity contribution in [3.8, 4) is 16.9 Å². The number of halogens is 1. The van der Waals surface area contributed by atoms with Crippen LogP contribution in [0.3, 0.4) is 0 Å². The highest BCUT2D eigenvalue weighted by Crippen LogP contribution is 2.39. The van der Waals surface area contributed by atoms with Crippen molar-refractivity contribution in [1.29, 1.82) is 0 Å². The molecule has 2 N–H and O–H groups in total. The van der Waals surface area contributed by atoms with Gasteiger partial charge in [0.15, 0.2) is 0 Å². The molecule has 0 saturated heterocycles. The molecule has 1 atom stereocenters. The summed E-state index contributed by atoms with van der Waals surface area (Å²) >= 11 is 6.35. The molecule has 0 spiro atoms. The normalized spacial score (nSPS) is 18.3. The second-order valence-corrected chi connectivity index (χ2v) is 5.25. The van der Waals surface area contributed by atoms with Gasteiger partial charge in [0.05, 0.1) is 11.6 Å². The first-order valence-corrected chi connectivity index (χ1v) is 6.91. The molecule has 0 amide bonds. The van der Waals surface area contributed by atoms with E-state index < -0.39 is 0 Å². The van der Waals surface area contributed by atoms with Gasteiger partial charge in [-0.1, -0.05) is 41.9 Å². The van der Waals surface area contributed by atoms with E-state index in [2.05, 4.69) is 18.2 Å². The van der Waals surface area contributed by atoms with Gasteiger partial charge in [0.2, 0.25) is 0 Å². The van der Waals surface area contributed by atoms with E-state index in [9.17, 15) is 0 Å².